The molecule has 0 amide bonds. The Morgan fingerprint density at radius 3 is 1.91 bits per heavy atom. The number of unbranched alkanes of at least 4 members (excludes halogenated alkanes) is 2. The van der Waals surface area contributed by atoms with Crippen molar-refractivity contribution in [3.8, 4) is 23.7 Å². The molecule has 2 rings (SSSR count). The Labute approximate surface area is 132 Å². The van der Waals surface area contributed by atoms with Gasteiger partial charge < -0.3 is 4.74 Å². The molecule has 0 heterocycles. The van der Waals surface area contributed by atoms with Crippen molar-refractivity contribution in [3.05, 3.63) is 65.2 Å². The SMILES string of the molecule is CCCCCOc1ccc(C#Cc2ccc(C#N)cc2)cc1. The van der Waals surface area contributed by atoms with Gasteiger partial charge in [-0.2, -0.15) is 5.26 Å². The maximum absolute atomic E-state index is 8.76. The molecule has 0 aliphatic carbocycles. The fraction of sp³-hybridized carbons (Fsp3) is 0.250. The average Bonchev–Trinajstić information content (AvgIpc) is 2.58. The van der Waals surface area contributed by atoms with Gasteiger partial charge in [-0.25, -0.2) is 0 Å². The Morgan fingerprint density at radius 2 is 1.36 bits per heavy atom. The van der Waals surface area contributed by atoms with E-state index in [1.807, 2.05) is 36.4 Å². The molecule has 0 fully saturated rings. The summed E-state index contributed by atoms with van der Waals surface area (Å²) in [6.45, 7) is 2.95. The average molecular weight is 289 g/mol. The molecule has 22 heavy (non-hydrogen) atoms. The molecule has 0 unspecified atom stereocenters. The molecule has 110 valence electrons. The molecule has 0 atom stereocenters. The fourth-order valence-corrected chi connectivity index (χ4v) is 1.95. The first-order valence-corrected chi connectivity index (χ1v) is 7.57. The first-order chi connectivity index (χ1) is 10.8. The van der Waals surface area contributed by atoms with E-state index >= 15 is 0 Å². The van der Waals surface area contributed by atoms with Crippen LogP contribution in [0.2, 0.25) is 0 Å². The normalized spacial score (nSPS) is 9.45. The van der Waals surface area contributed by atoms with E-state index in [-0.39, 0.29) is 0 Å². The van der Waals surface area contributed by atoms with E-state index < -0.39 is 0 Å². The van der Waals surface area contributed by atoms with Crippen molar-refractivity contribution in [1.29, 1.82) is 5.26 Å². The van der Waals surface area contributed by atoms with Crippen LogP contribution in [-0.2, 0) is 0 Å². The second kappa shape index (κ2) is 8.55. The lowest BCUT2D eigenvalue weighted by Gasteiger charge is -2.05. The molecule has 0 bridgehead atoms. The van der Waals surface area contributed by atoms with Crippen molar-refractivity contribution in [2.75, 3.05) is 6.61 Å². The standard InChI is InChI=1S/C20H19NO/c1-2-3-4-15-22-20-13-11-18(12-14-20)6-5-17-7-9-19(16-21)10-8-17/h7-14H,2-4,15H2,1H3. The monoisotopic (exact) mass is 289 g/mol. The Morgan fingerprint density at radius 1 is 0.818 bits per heavy atom. The van der Waals surface area contributed by atoms with Gasteiger partial charge in [-0.1, -0.05) is 31.6 Å². The highest BCUT2D eigenvalue weighted by molar-refractivity contribution is 5.45. The van der Waals surface area contributed by atoms with Crippen LogP contribution < -0.4 is 4.74 Å². The third-order valence-electron chi connectivity index (χ3n) is 3.24. The Kier molecular flexibility index (Phi) is 6.09. The molecule has 2 heteroatoms. The molecule has 0 saturated heterocycles. The molecule has 0 aliphatic rings. The third kappa shape index (κ3) is 5.00. The van der Waals surface area contributed by atoms with E-state index in [4.69, 9.17) is 10.00 Å². The second-order valence-corrected chi connectivity index (χ2v) is 5.02. The van der Waals surface area contributed by atoms with Gasteiger partial charge in [-0.05, 0) is 55.0 Å². The molecule has 0 aliphatic heterocycles. The van der Waals surface area contributed by atoms with E-state index in [1.165, 1.54) is 12.8 Å². The zero-order valence-corrected chi connectivity index (χ0v) is 12.8. The first kappa shape index (κ1) is 15.7. The molecular weight excluding hydrogens is 270 g/mol. The summed E-state index contributed by atoms with van der Waals surface area (Å²) in [6, 6.07) is 17.2. The first-order valence-electron chi connectivity index (χ1n) is 7.57. The van der Waals surface area contributed by atoms with Crippen molar-refractivity contribution < 1.29 is 4.74 Å². The minimum Gasteiger partial charge on any atom is -0.494 e. The quantitative estimate of drug-likeness (QED) is 0.598. The smallest absolute Gasteiger partial charge is 0.119 e. The molecule has 2 nitrogen and oxygen atoms in total. The van der Waals surface area contributed by atoms with E-state index in [9.17, 15) is 0 Å². The van der Waals surface area contributed by atoms with Crippen LogP contribution in [0.15, 0.2) is 48.5 Å². The second-order valence-electron chi connectivity index (χ2n) is 5.02. The van der Waals surface area contributed by atoms with Crippen LogP contribution in [0.1, 0.15) is 42.9 Å². The van der Waals surface area contributed by atoms with Crippen LogP contribution >= 0.6 is 0 Å². The largest absolute Gasteiger partial charge is 0.494 e. The molecule has 2 aromatic carbocycles. The van der Waals surface area contributed by atoms with E-state index in [2.05, 4.69) is 24.8 Å². The van der Waals surface area contributed by atoms with Crippen molar-refractivity contribution in [2.45, 2.75) is 26.2 Å². The summed E-state index contributed by atoms with van der Waals surface area (Å²) in [5.41, 5.74) is 2.50. The van der Waals surface area contributed by atoms with Crippen LogP contribution in [0.3, 0.4) is 0 Å². The number of hydrogen-bond donors (Lipinski definition) is 0. The molecule has 0 saturated carbocycles. The van der Waals surface area contributed by atoms with Crippen molar-refractivity contribution in [1.82, 2.24) is 0 Å². The lowest BCUT2D eigenvalue weighted by molar-refractivity contribution is 0.306. The van der Waals surface area contributed by atoms with Crippen molar-refractivity contribution in [3.63, 3.8) is 0 Å². The zero-order valence-electron chi connectivity index (χ0n) is 12.8. The summed E-state index contributed by atoms with van der Waals surface area (Å²) in [6.07, 6.45) is 3.50. The summed E-state index contributed by atoms with van der Waals surface area (Å²) in [4.78, 5) is 0. The lowest BCUT2D eigenvalue weighted by Crippen LogP contribution is -1.96. The maximum Gasteiger partial charge on any atom is 0.119 e. The molecule has 0 aromatic heterocycles. The van der Waals surface area contributed by atoms with E-state index in [0.29, 0.717) is 5.56 Å². The number of hydrogen-bond acceptors (Lipinski definition) is 2. The number of nitrogens with zero attached hydrogens (tertiary/aromatic N) is 1. The summed E-state index contributed by atoms with van der Waals surface area (Å²) in [7, 11) is 0. The van der Waals surface area contributed by atoms with E-state index in [1.54, 1.807) is 12.1 Å². The molecular formula is C20H19NO. The number of rotatable bonds is 5. The number of nitriles is 1. The van der Waals surface area contributed by atoms with Crippen LogP contribution in [0.4, 0.5) is 0 Å². The minimum atomic E-state index is 0.648. The van der Waals surface area contributed by atoms with Gasteiger partial charge in [0.05, 0.1) is 18.2 Å². The maximum atomic E-state index is 8.76. The van der Waals surface area contributed by atoms with Crippen LogP contribution in [0.25, 0.3) is 0 Å². The Balaban J connectivity index is 1.93. The number of ether oxygens (including phenoxy) is 1. The Bertz CT molecular complexity index is 682. The summed E-state index contributed by atoms with van der Waals surface area (Å²) in [5.74, 6) is 7.09. The lowest BCUT2D eigenvalue weighted by atomic mass is 10.1. The summed E-state index contributed by atoms with van der Waals surface area (Å²) < 4.78 is 5.67. The van der Waals surface area contributed by atoms with Gasteiger partial charge in [0, 0.05) is 11.1 Å². The molecule has 2 aromatic rings. The highest BCUT2D eigenvalue weighted by Gasteiger charge is 1.94. The topological polar surface area (TPSA) is 33.0 Å². The molecule has 0 radical (unpaired) electrons. The third-order valence-corrected chi connectivity index (χ3v) is 3.24. The van der Waals surface area contributed by atoms with Gasteiger partial charge in [0.2, 0.25) is 0 Å². The van der Waals surface area contributed by atoms with Gasteiger partial charge in [-0.15, -0.1) is 0 Å². The van der Waals surface area contributed by atoms with Crippen LogP contribution in [-0.4, -0.2) is 6.61 Å². The van der Waals surface area contributed by atoms with Crippen molar-refractivity contribution in [2.24, 2.45) is 0 Å². The molecule has 0 spiro atoms. The summed E-state index contributed by atoms with van der Waals surface area (Å²) >= 11 is 0. The van der Waals surface area contributed by atoms with Gasteiger partial charge >= 0.3 is 0 Å². The predicted molar refractivity (Wildman–Crippen MR) is 88.6 cm³/mol. The highest BCUT2D eigenvalue weighted by atomic mass is 16.5. The summed E-state index contributed by atoms with van der Waals surface area (Å²) in [5, 5.41) is 8.76. The van der Waals surface area contributed by atoms with E-state index in [0.717, 1.165) is 29.9 Å². The fourth-order valence-electron chi connectivity index (χ4n) is 1.95. The van der Waals surface area contributed by atoms with Gasteiger partial charge in [0.15, 0.2) is 0 Å². The minimum absolute atomic E-state index is 0.648. The van der Waals surface area contributed by atoms with Gasteiger partial charge in [-0.3, -0.25) is 0 Å². The van der Waals surface area contributed by atoms with Crippen molar-refractivity contribution >= 4 is 0 Å². The molecule has 0 N–H and O–H groups in total. The van der Waals surface area contributed by atoms with Gasteiger partial charge in [0.1, 0.15) is 5.75 Å². The Hall–Kier alpha value is -2.71. The van der Waals surface area contributed by atoms with Crippen LogP contribution in [0.5, 0.6) is 5.75 Å². The zero-order chi connectivity index (χ0) is 15.6. The predicted octanol–water partition coefficient (Wildman–Crippen LogP) is 4.53. The van der Waals surface area contributed by atoms with Gasteiger partial charge in [0.25, 0.3) is 0 Å². The highest BCUT2D eigenvalue weighted by Crippen LogP contribution is 2.12. The van der Waals surface area contributed by atoms with Crippen LogP contribution in [0, 0.1) is 23.2 Å². The number of benzene rings is 2.